The minimum absolute atomic E-state index is 0.0150. The molecule has 1 amide bonds. The zero-order valence-corrected chi connectivity index (χ0v) is 16.1. The van der Waals surface area contributed by atoms with Crippen molar-refractivity contribution in [1.82, 2.24) is 20.0 Å². The van der Waals surface area contributed by atoms with Gasteiger partial charge in [-0.2, -0.15) is 5.10 Å². The molecule has 1 aliphatic carbocycles. The summed E-state index contributed by atoms with van der Waals surface area (Å²) in [5, 5.41) is 7.53. The molecule has 0 radical (unpaired) electrons. The number of likely N-dealkylation sites (tertiary alicyclic amines) is 1. The van der Waals surface area contributed by atoms with E-state index in [9.17, 15) is 4.79 Å². The van der Waals surface area contributed by atoms with Crippen molar-refractivity contribution in [2.45, 2.75) is 77.3 Å². The van der Waals surface area contributed by atoms with E-state index >= 15 is 0 Å². The average Bonchev–Trinajstić information content (AvgIpc) is 3.08. The van der Waals surface area contributed by atoms with E-state index in [0.29, 0.717) is 11.6 Å². The third kappa shape index (κ3) is 5.06. The van der Waals surface area contributed by atoms with Crippen LogP contribution in [0.4, 0.5) is 0 Å². The van der Waals surface area contributed by atoms with Crippen LogP contribution in [0.25, 0.3) is 0 Å². The van der Waals surface area contributed by atoms with Gasteiger partial charge in [-0.25, -0.2) is 0 Å². The van der Waals surface area contributed by atoms with Gasteiger partial charge in [-0.3, -0.25) is 9.48 Å². The molecule has 1 aromatic rings. The lowest BCUT2D eigenvalue weighted by Crippen LogP contribution is -2.45. The van der Waals surface area contributed by atoms with Crippen LogP contribution in [-0.2, 0) is 5.54 Å². The van der Waals surface area contributed by atoms with E-state index in [-0.39, 0.29) is 11.4 Å². The smallest absolute Gasteiger partial charge is 0.254 e. The molecule has 1 saturated heterocycles. The minimum Gasteiger partial charge on any atom is -0.349 e. The molecule has 2 fully saturated rings. The molecule has 25 heavy (non-hydrogen) atoms. The predicted octanol–water partition coefficient (Wildman–Crippen LogP) is 3.41. The Bertz CT molecular complexity index is 560. The van der Waals surface area contributed by atoms with E-state index in [1.807, 2.05) is 10.9 Å². The van der Waals surface area contributed by atoms with Gasteiger partial charge in [-0.05, 0) is 52.4 Å². The van der Waals surface area contributed by atoms with Crippen molar-refractivity contribution >= 4 is 5.91 Å². The minimum atomic E-state index is -0.0943. The maximum Gasteiger partial charge on any atom is 0.254 e. The lowest BCUT2D eigenvalue weighted by atomic mass is 9.88. The van der Waals surface area contributed by atoms with Gasteiger partial charge >= 0.3 is 0 Å². The van der Waals surface area contributed by atoms with Crippen molar-refractivity contribution in [3.05, 3.63) is 18.0 Å². The van der Waals surface area contributed by atoms with Gasteiger partial charge in [0.15, 0.2) is 0 Å². The molecule has 2 aliphatic rings. The van der Waals surface area contributed by atoms with Gasteiger partial charge < -0.3 is 10.2 Å². The molecule has 0 spiro atoms. The Morgan fingerprint density at radius 2 is 1.84 bits per heavy atom. The summed E-state index contributed by atoms with van der Waals surface area (Å²) in [5.41, 5.74) is 0.572. The quantitative estimate of drug-likeness (QED) is 0.909. The number of hydrogen-bond donors (Lipinski definition) is 1. The molecule has 0 unspecified atom stereocenters. The summed E-state index contributed by atoms with van der Waals surface area (Å²) in [6.07, 6.45) is 12.7. The summed E-state index contributed by atoms with van der Waals surface area (Å²) in [4.78, 5) is 15.1. The Morgan fingerprint density at radius 3 is 2.44 bits per heavy atom. The number of aromatic nitrogens is 2. The van der Waals surface area contributed by atoms with E-state index in [1.165, 1.54) is 38.6 Å². The molecule has 3 rings (SSSR count). The lowest BCUT2D eigenvalue weighted by Gasteiger charge is -2.35. The average molecular weight is 347 g/mol. The molecule has 0 aromatic carbocycles. The van der Waals surface area contributed by atoms with Gasteiger partial charge in [0.05, 0.1) is 17.3 Å². The number of nitrogens with zero attached hydrogens (tertiary/aromatic N) is 3. The highest BCUT2D eigenvalue weighted by atomic mass is 16.1. The van der Waals surface area contributed by atoms with Gasteiger partial charge in [0.2, 0.25) is 0 Å². The number of carbonyl (C=O) groups excluding carboxylic acids is 1. The Labute approximate surface area is 152 Å². The van der Waals surface area contributed by atoms with Gasteiger partial charge in [0.1, 0.15) is 0 Å². The van der Waals surface area contributed by atoms with E-state index in [0.717, 1.165) is 31.8 Å². The second-order valence-corrected chi connectivity index (χ2v) is 8.90. The zero-order chi connectivity index (χ0) is 17.9. The van der Waals surface area contributed by atoms with E-state index in [2.05, 4.69) is 36.1 Å². The molecule has 1 aromatic heterocycles. The molecular weight excluding hydrogens is 312 g/mol. The van der Waals surface area contributed by atoms with Crippen LogP contribution in [0.15, 0.2) is 12.4 Å². The van der Waals surface area contributed by atoms with Crippen molar-refractivity contribution in [3.8, 4) is 0 Å². The Morgan fingerprint density at radius 1 is 1.16 bits per heavy atom. The number of rotatable bonds is 4. The molecule has 1 N–H and O–H groups in total. The predicted molar refractivity (Wildman–Crippen MR) is 101 cm³/mol. The fourth-order valence-corrected chi connectivity index (χ4v) is 4.07. The van der Waals surface area contributed by atoms with Gasteiger partial charge in [0, 0.05) is 31.9 Å². The number of nitrogens with one attached hydrogen (secondary N) is 1. The fourth-order valence-electron chi connectivity index (χ4n) is 4.07. The first-order valence-corrected chi connectivity index (χ1v) is 10.0. The van der Waals surface area contributed by atoms with Crippen LogP contribution >= 0.6 is 0 Å². The number of amides is 1. The van der Waals surface area contributed by atoms with Crippen molar-refractivity contribution in [3.63, 3.8) is 0 Å². The van der Waals surface area contributed by atoms with Crippen LogP contribution in [0.3, 0.4) is 0 Å². The lowest BCUT2D eigenvalue weighted by molar-refractivity contribution is 0.0901. The highest BCUT2D eigenvalue weighted by Gasteiger charge is 2.24. The number of hydrogen-bond acceptors (Lipinski definition) is 3. The largest absolute Gasteiger partial charge is 0.349 e. The van der Waals surface area contributed by atoms with Crippen LogP contribution in [0.2, 0.25) is 0 Å². The molecule has 5 nitrogen and oxygen atoms in total. The molecule has 1 aliphatic heterocycles. The third-order valence-electron chi connectivity index (χ3n) is 5.70. The van der Waals surface area contributed by atoms with Crippen molar-refractivity contribution in [2.24, 2.45) is 5.92 Å². The highest BCUT2D eigenvalue weighted by molar-refractivity contribution is 5.93. The van der Waals surface area contributed by atoms with Crippen LogP contribution < -0.4 is 5.32 Å². The monoisotopic (exact) mass is 346 g/mol. The normalized spacial score (nSPS) is 21.4. The Kier molecular flexibility index (Phi) is 5.82. The van der Waals surface area contributed by atoms with Crippen LogP contribution in [0, 0.1) is 5.92 Å². The molecule has 5 heteroatoms. The number of carbonyl (C=O) groups is 1. The highest BCUT2D eigenvalue weighted by Crippen LogP contribution is 2.25. The van der Waals surface area contributed by atoms with E-state index in [4.69, 9.17) is 0 Å². The van der Waals surface area contributed by atoms with Crippen molar-refractivity contribution in [2.75, 3.05) is 19.6 Å². The second-order valence-electron chi connectivity index (χ2n) is 8.90. The third-order valence-corrected chi connectivity index (χ3v) is 5.70. The fraction of sp³-hybridized carbons (Fsp3) is 0.800. The standard InChI is InChI=1S/C20H34N4O/c1-20(2,3)24-15-17(13-21-24)19(25)22-18-9-11-23(12-10-18)14-16-7-5-4-6-8-16/h13,15-16,18H,4-12,14H2,1-3H3,(H,22,25). The van der Waals surface area contributed by atoms with Crippen LogP contribution in [0.1, 0.15) is 76.1 Å². The topological polar surface area (TPSA) is 50.2 Å². The summed E-state index contributed by atoms with van der Waals surface area (Å²) in [6.45, 7) is 9.75. The summed E-state index contributed by atoms with van der Waals surface area (Å²) < 4.78 is 1.86. The number of piperidine rings is 1. The second kappa shape index (κ2) is 7.90. The van der Waals surface area contributed by atoms with E-state index in [1.54, 1.807) is 6.20 Å². The molecule has 2 heterocycles. The Balaban J connectivity index is 1.43. The maximum atomic E-state index is 12.5. The zero-order valence-electron chi connectivity index (χ0n) is 16.1. The maximum absolute atomic E-state index is 12.5. The first-order chi connectivity index (χ1) is 11.9. The molecule has 0 bridgehead atoms. The molecule has 1 saturated carbocycles. The first-order valence-electron chi connectivity index (χ1n) is 10.0. The van der Waals surface area contributed by atoms with Crippen LogP contribution in [0.5, 0.6) is 0 Å². The summed E-state index contributed by atoms with van der Waals surface area (Å²) in [6, 6.07) is 0.299. The Hall–Kier alpha value is -1.36. The van der Waals surface area contributed by atoms with Crippen molar-refractivity contribution < 1.29 is 4.79 Å². The van der Waals surface area contributed by atoms with Gasteiger partial charge in [-0.15, -0.1) is 0 Å². The molecular formula is C20H34N4O. The SMILES string of the molecule is CC(C)(C)n1cc(C(=O)NC2CCN(CC3CCCCC3)CC2)cn1. The van der Waals surface area contributed by atoms with Crippen molar-refractivity contribution in [1.29, 1.82) is 0 Å². The summed E-state index contributed by atoms with van der Waals surface area (Å²) >= 11 is 0. The summed E-state index contributed by atoms with van der Waals surface area (Å²) in [5.74, 6) is 0.921. The molecule has 140 valence electrons. The molecule has 0 atom stereocenters. The summed E-state index contributed by atoms with van der Waals surface area (Å²) in [7, 11) is 0. The first kappa shape index (κ1) is 18.4. The van der Waals surface area contributed by atoms with Crippen LogP contribution in [-0.4, -0.2) is 46.3 Å². The van der Waals surface area contributed by atoms with Gasteiger partial charge in [0.25, 0.3) is 5.91 Å². The van der Waals surface area contributed by atoms with E-state index < -0.39 is 0 Å². The van der Waals surface area contributed by atoms with Gasteiger partial charge in [-0.1, -0.05) is 19.3 Å².